The normalized spacial score (nSPS) is 12.6. The summed E-state index contributed by atoms with van der Waals surface area (Å²) in [6, 6.07) is 64.7. The van der Waals surface area contributed by atoms with E-state index in [0.717, 1.165) is 169 Å². The first-order valence-corrected chi connectivity index (χ1v) is 32.5. The van der Waals surface area contributed by atoms with Crippen LogP contribution in [0.15, 0.2) is 249 Å². The van der Waals surface area contributed by atoms with Crippen LogP contribution in [0.2, 0.25) is 0 Å². The largest absolute Gasteiger partial charge is 0.456 e. The summed E-state index contributed by atoms with van der Waals surface area (Å²) in [6.45, 7) is 33.2. The Kier molecular flexibility index (Phi) is 11.3. The summed E-state index contributed by atoms with van der Waals surface area (Å²) in [5, 5.41) is 13.0. The van der Waals surface area contributed by atoms with Gasteiger partial charge < -0.3 is 17.7 Å². The molecule has 4 aliphatic rings. The average Bonchev–Trinajstić information content (AvgIpc) is 1.59. The molecule has 0 unspecified atom stereocenters. The Morgan fingerprint density at radius 2 is 0.690 bits per heavy atom. The van der Waals surface area contributed by atoms with E-state index < -0.39 is 0 Å². The molecule has 0 amide bonds. The molecular weight excluding hydrogens is 1240 g/mol. The van der Waals surface area contributed by atoms with Crippen LogP contribution in [0.3, 0.4) is 0 Å². The summed E-state index contributed by atoms with van der Waals surface area (Å²) in [6.07, 6.45) is 11.9. The SMILES string of the molecule is [C-]#[N+]c1cccc2c[n+]3n(c12)-c1c(ccc2c1oc1ccccc12)C3.[C-]#[N+]c1cccc2c[n+]3n(c12)-c1c(ccc2c1oc1ncccc12)C3.[C-]#[N+]c1cccc2c[n+]3n(c12)-c1cc2oc4ccccc4c2cc1C3.[C-]#[N+]c1cccc2c[n+]3n(c12)-c1cc2oc4ncccc4c2cc1C3. The molecule has 0 spiro atoms. The fraction of sp³-hybridized carbons (Fsp3) is 0.0488. The molecule has 0 saturated carbocycles. The average molecular weight is 1290 g/mol. The molecule has 20 aromatic rings. The van der Waals surface area contributed by atoms with Crippen LogP contribution in [0, 0.1) is 26.3 Å². The van der Waals surface area contributed by atoms with Gasteiger partial charge in [0.15, 0.2) is 48.7 Å². The highest BCUT2D eigenvalue weighted by Crippen LogP contribution is 2.43. The summed E-state index contributed by atoms with van der Waals surface area (Å²) in [7, 11) is 0. The minimum absolute atomic E-state index is 0.645. The first kappa shape index (κ1) is 54.9. The number of benzene rings is 10. The van der Waals surface area contributed by atoms with Crippen molar-refractivity contribution < 1.29 is 36.4 Å². The molecule has 464 valence electrons. The summed E-state index contributed by atoms with van der Waals surface area (Å²) in [5.41, 5.74) is 22.1. The molecule has 0 N–H and O–H groups in total. The molecule has 100 heavy (non-hydrogen) atoms. The number of pyridine rings is 2. The van der Waals surface area contributed by atoms with Crippen molar-refractivity contribution in [3.63, 3.8) is 0 Å². The van der Waals surface area contributed by atoms with Crippen molar-refractivity contribution in [3.05, 3.63) is 299 Å². The van der Waals surface area contributed by atoms with E-state index in [0.29, 0.717) is 34.2 Å². The van der Waals surface area contributed by atoms with Crippen molar-refractivity contribution in [2.45, 2.75) is 26.2 Å². The highest BCUT2D eigenvalue weighted by Gasteiger charge is 2.37. The Morgan fingerprint density at radius 3 is 1.19 bits per heavy atom. The van der Waals surface area contributed by atoms with Crippen molar-refractivity contribution in [2.75, 3.05) is 0 Å². The van der Waals surface area contributed by atoms with Gasteiger partial charge in [-0.25, -0.2) is 29.3 Å². The molecule has 0 radical (unpaired) electrons. The molecule has 0 saturated heterocycles. The molecule has 4 aliphatic heterocycles. The molecule has 18 nitrogen and oxygen atoms in total. The third kappa shape index (κ3) is 7.72. The Labute approximate surface area is 564 Å². The lowest BCUT2D eigenvalue weighted by atomic mass is 10.1. The standard InChI is InChI=1S/2C21H12N3O.2C20H11N4O/c1-22-17-7-4-5-13-11-23-12-14-9-16-15-6-2-3-8-19(15)25-20(16)10-18(14)24(23)21(13)17;1-22-17-7-4-5-13-11-23-12-14-9-10-16-15-6-2-3-8-18(15)25-21(16)20(14)24(23)19(13)17;1-21-16-6-2-4-12-10-23-11-13-7-8-14-15-5-3-9-22-20(15)25-19(14)18(13)24(23)17(12)16;1-21-16-6-2-4-12-10-23-11-13-8-15-14-5-3-7-22-20(14)25-18(15)9-17(13)24(23)19(12)16/h2*2-11H,12H2;2*2-10H,11H2/q4*+1. The van der Waals surface area contributed by atoms with Crippen molar-refractivity contribution in [3.8, 4) is 22.7 Å². The number of hydrogen-bond donors (Lipinski definition) is 0. The van der Waals surface area contributed by atoms with Gasteiger partial charge in [0, 0.05) is 78.7 Å². The number of para-hydroxylation sites is 6. The van der Waals surface area contributed by atoms with Crippen LogP contribution in [-0.4, -0.2) is 28.7 Å². The predicted octanol–water partition coefficient (Wildman–Crippen LogP) is 17.7. The third-order valence-corrected chi connectivity index (χ3v) is 20.0. The van der Waals surface area contributed by atoms with Crippen LogP contribution in [0.4, 0.5) is 22.7 Å². The highest BCUT2D eigenvalue weighted by molar-refractivity contribution is 6.11. The molecule has 0 aliphatic carbocycles. The minimum atomic E-state index is 0.645. The molecule has 14 heterocycles. The maximum Gasteiger partial charge on any atom is 0.227 e. The van der Waals surface area contributed by atoms with E-state index in [-0.39, 0.29) is 0 Å². The van der Waals surface area contributed by atoms with Crippen LogP contribution < -0.4 is 18.7 Å². The smallest absolute Gasteiger partial charge is 0.227 e. The fourth-order valence-corrected chi connectivity index (χ4v) is 15.8. The van der Waals surface area contributed by atoms with Gasteiger partial charge in [-0.05, 0) is 97.1 Å². The van der Waals surface area contributed by atoms with Crippen LogP contribution in [0.5, 0.6) is 0 Å². The second kappa shape index (κ2) is 20.5. The van der Waals surface area contributed by atoms with E-state index in [2.05, 4.69) is 164 Å². The van der Waals surface area contributed by atoms with E-state index >= 15 is 0 Å². The Bertz CT molecular complexity index is 6830. The lowest BCUT2D eigenvalue weighted by Crippen LogP contribution is -2.36. The summed E-state index contributed by atoms with van der Waals surface area (Å²) >= 11 is 0. The lowest BCUT2D eigenvalue weighted by molar-refractivity contribution is -0.749. The number of rotatable bonds is 0. The van der Waals surface area contributed by atoms with Gasteiger partial charge in [-0.2, -0.15) is 0 Å². The van der Waals surface area contributed by atoms with Gasteiger partial charge in [0.2, 0.25) is 59.0 Å². The summed E-state index contributed by atoms with van der Waals surface area (Å²) < 4.78 is 41.5. The zero-order valence-electron chi connectivity index (χ0n) is 52.7. The van der Waals surface area contributed by atoms with E-state index in [9.17, 15) is 0 Å². The van der Waals surface area contributed by atoms with Gasteiger partial charge in [-0.15, -0.1) is 37.5 Å². The van der Waals surface area contributed by atoms with Gasteiger partial charge in [0.1, 0.15) is 55.8 Å². The fourth-order valence-electron chi connectivity index (χ4n) is 15.8. The maximum atomic E-state index is 7.54. The molecule has 18 heteroatoms. The zero-order chi connectivity index (χ0) is 66.2. The molecule has 10 aromatic heterocycles. The first-order chi connectivity index (χ1) is 49.4. The van der Waals surface area contributed by atoms with Gasteiger partial charge in [-0.3, -0.25) is 0 Å². The van der Waals surface area contributed by atoms with Crippen LogP contribution >= 0.6 is 0 Å². The van der Waals surface area contributed by atoms with Crippen LogP contribution in [0.1, 0.15) is 22.3 Å². The Hall–Kier alpha value is -14.5. The second-order valence-corrected chi connectivity index (χ2v) is 25.4. The number of nitrogens with zero attached hydrogens (tertiary/aromatic N) is 14. The number of aromatic nitrogens is 10. The Morgan fingerprint density at radius 1 is 0.310 bits per heavy atom. The zero-order valence-corrected chi connectivity index (χ0v) is 52.7. The molecule has 10 aromatic carbocycles. The number of fused-ring (bicyclic) bond motifs is 34. The van der Waals surface area contributed by atoms with Crippen molar-refractivity contribution in [2.24, 2.45) is 0 Å². The van der Waals surface area contributed by atoms with E-state index in [1.807, 2.05) is 121 Å². The predicted molar refractivity (Wildman–Crippen MR) is 380 cm³/mol. The quantitative estimate of drug-likeness (QED) is 0.110. The molecule has 0 bridgehead atoms. The van der Waals surface area contributed by atoms with Crippen molar-refractivity contribution >= 4 is 154 Å². The van der Waals surface area contributed by atoms with E-state index in [4.69, 9.17) is 44.0 Å². The van der Waals surface area contributed by atoms with Gasteiger partial charge in [-0.1, -0.05) is 84.9 Å². The first-order valence-electron chi connectivity index (χ1n) is 32.5. The lowest BCUT2D eigenvalue weighted by Gasteiger charge is -2.01. The Balaban J connectivity index is 0.0000000873. The van der Waals surface area contributed by atoms with E-state index in [1.54, 1.807) is 12.4 Å². The van der Waals surface area contributed by atoms with Gasteiger partial charge in [0.05, 0.1) is 59.0 Å². The second-order valence-electron chi connectivity index (χ2n) is 25.4. The third-order valence-electron chi connectivity index (χ3n) is 20.0. The van der Waals surface area contributed by atoms with Gasteiger partial charge in [0.25, 0.3) is 0 Å². The summed E-state index contributed by atoms with van der Waals surface area (Å²) in [5.74, 6) is 0. The van der Waals surface area contributed by atoms with Crippen molar-refractivity contribution in [1.82, 2.24) is 28.7 Å². The minimum Gasteiger partial charge on any atom is -0.456 e. The highest BCUT2D eigenvalue weighted by atomic mass is 16.3. The molecule has 0 fully saturated rings. The van der Waals surface area contributed by atoms with Crippen LogP contribution in [0.25, 0.3) is 174 Å². The number of hydrogen-bond acceptors (Lipinski definition) is 6. The van der Waals surface area contributed by atoms with Gasteiger partial charge >= 0.3 is 0 Å². The maximum absolute atomic E-state index is 7.54. The molecule has 24 rings (SSSR count). The summed E-state index contributed by atoms with van der Waals surface area (Å²) in [4.78, 5) is 23.5. The number of furan rings is 4. The van der Waals surface area contributed by atoms with Crippen LogP contribution in [-0.2, 0) is 26.2 Å². The van der Waals surface area contributed by atoms with E-state index in [1.165, 1.54) is 22.3 Å². The monoisotopic (exact) mass is 1290 g/mol. The molecule has 0 atom stereocenters. The molecular formula is C82H46N14O4+4. The topological polar surface area (TPSA) is 131 Å². The van der Waals surface area contributed by atoms with Crippen molar-refractivity contribution in [1.29, 1.82) is 0 Å².